The van der Waals surface area contributed by atoms with Crippen molar-refractivity contribution in [3.63, 3.8) is 0 Å². The molecule has 4 rings (SSSR count). The van der Waals surface area contributed by atoms with Gasteiger partial charge >= 0.3 is 0 Å². The number of benzene rings is 2. The number of thiazole rings is 1. The number of carbonyl (C=O) groups is 1. The number of ether oxygens (including phenoxy) is 1. The Hall–Kier alpha value is -2.31. The molecule has 0 bridgehead atoms. The molecule has 1 aliphatic rings. The van der Waals surface area contributed by atoms with Gasteiger partial charge in [0.2, 0.25) is 0 Å². The number of hydrogen-bond acceptors (Lipinski definition) is 5. The summed E-state index contributed by atoms with van der Waals surface area (Å²) in [5.74, 6) is 0.739. The average molecular weight is 416 g/mol. The summed E-state index contributed by atoms with van der Waals surface area (Å²) in [5, 5.41) is 1.71. The van der Waals surface area contributed by atoms with Gasteiger partial charge in [0.05, 0.1) is 15.2 Å². The average Bonchev–Trinajstić information content (AvgIpc) is 3.17. The van der Waals surface area contributed by atoms with E-state index in [1.54, 1.807) is 11.3 Å². The highest BCUT2D eigenvalue weighted by Gasteiger charge is 2.24. The van der Waals surface area contributed by atoms with Crippen molar-refractivity contribution in [2.45, 2.75) is 13.8 Å². The number of fused-ring (bicyclic) bond motifs is 1. The summed E-state index contributed by atoms with van der Waals surface area (Å²) in [6.07, 6.45) is 0. The van der Waals surface area contributed by atoms with Crippen molar-refractivity contribution in [2.24, 2.45) is 0 Å². The second kappa shape index (κ2) is 7.97. The minimum Gasteiger partial charge on any atom is -0.484 e. The highest BCUT2D eigenvalue weighted by Crippen LogP contribution is 2.35. The number of halogens is 1. The molecule has 1 aliphatic heterocycles. The van der Waals surface area contributed by atoms with Gasteiger partial charge in [0.25, 0.3) is 5.91 Å². The Morgan fingerprint density at radius 1 is 1.11 bits per heavy atom. The quantitative estimate of drug-likeness (QED) is 0.637. The molecule has 0 aliphatic carbocycles. The Bertz CT molecular complexity index is 956. The fraction of sp³-hybridized carbons (Fsp3) is 0.333. The zero-order chi connectivity index (χ0) is 19.7. The van der Waals surface area contributed by atoms with E-state index in [0.717, 1.165) is 44.8 Å². The smallest absolute Gasteiger partial charge is 0.260 e. The van der Waals surface area contributed by atoms with E-state index in [4.69, 9.17) is 21.3 Å². The number of aromatic nitrogens is 1. The predicted molar refractivity (Wildman–Crippen MR) is 115 cm³/mol. The van der Waals surface area contributed by atoms with Crippen LogP contribution in [0.25, 0.3) is 10.2 Å². The number of rotatable bonds is 4. The molecule has 1 saturated heterocycles. The SMILES string of the molecule is Cc1ccc(OCC(=O)N2CCN(c3nc4c(C)ccc(Cl)c4s3)CC2)cc1. The van der Waals surface area contributed by atoms with Crippen LogP contribution in [-0.4, -0.2) is 48.6 Å². The van der Waals surface area contributed by atoms with Gasteiger partial charge in [0, 0.05) is 26.2 Å². The van der Waals surface area contributed by atoms with E-state index in [1.165, 1.54) is 5.56 Å². The molecule has 0 saturated carbocycles. The first kappa shape index (κ1) is 19.0. The summed E-state index contributed by atoms with van der Waals surface area (Å²) in [5.41, 5.74) is 3.27. The maximum absolute atomic E-state index is 12.5. The zero-order valence-corrected chi connectivity index (χ0v) is 17.5. The van der Waals surface area contributed by atoms with Crippen molar-refractivity contribution >= 4 is 44.2 Å². The van der Waals surface area contributed by atoms with Crippen molar-refractivity contribution in [3.8, 4) is 5.75 Å². The van der Waals surface area contributed by atoms with Crippen LogP contribution in [0.1, 0.15) is 11.1 Å². The molecule has 1 amide bonds. The van der Waals surface area contributed by atoms with Crippen LogP contribution in [0.3, 0.4) is 0 Å². The fourth-order valence-electron chi connectivity index (χ4n) is 3.24. The molecule has 0 atom stereocenters. The Labute approximate surface area is 173 Å². The van der Waals surface area contributed by atoms with E-state index >= 15 is 0 Å². The van der Waals surface area contributed by atoms with Crippen LogP contribution in [0, 0.1) is 13.8 Å². The number of anilines is 1. The molecule has 0 radical (unpaired) electrons. The molecule has 2 aromatic carbocycles. The topological polar surface area (TPSA) is 45.7 Å². The Balaban J connectivity index is 1.35. The first-order valence-electron chi connectivity index (χ1n) is 9.29. The van der Waals surface area contributed by atoms with Crippen molar-refractivity contribution in [3.05, 3.63) is 52.5 Å². The van der Waals surface area contributed by atoms with Gasteiger partial charge in [0.1, 0.15) is 5.75 Å². The molecular formula is C21H22ClN3O2S. The maximum atomic E-state index is 12.5. The number of amides is 1. The van der Waals surface area contributed by atoms with Gasteiger partial charge < -0.3 is 14.5 Å². The molecule has 7 heteroatoms. The summed E-state index contributed by atoms with van der Waals surface area (Å²) < 4.78 is 6.65. The molecule has 1 fully saturated rings. The summed E-state index contributed by atoms with van der Waals surface area (Å²) in [6, 6.07) is 11.7. The van der Waals surface area contributed by atoms with E-state index < -0.39 is 0 Å². The van der Waals surface area contributed by atoms with E-state index in [9.17, 15) is 4.79 Å². The van der Waals surface area contributed by atoms with Crippen LogP contribution in [0.5, 0.6) is 5.75 Å². The molecule has 2 heterocycles. The van der Waals surface area contributed by atoms with Crippen molar-refractivity contribution in [1.82, 2.24) is 9.88 Å². The number of nitrogens with zero attached hydrogens (tertiary/aromatic N) is 3. The van der Waals surface area contributed by atoms with Crippen LogP contribution < -0.4 is 9.64 Å². The van der Waals surface area contributed by atoms with Crippen LogP contribution in [0.15, 0.2) is 36.4 Å². The monoisotopic (exact) mass is 415 g/mol. The lowest BCUT2D eigenvalue weighted by atomic mass is 10.2. The normalized spacial score (nSPS) is 14.5. The second-order valence-electron chi connectivity index (χ2n) is 7.01. The van der Waals surface area contributed by atoms with E-state index in [2.05, 4.69) is 4.90 Å². The zero-order valence-electron chi connectivity index (χ0n) is 15.9. The van der Waals surface area contributed by atoms with Gasteiger partial charge in [-0.25, -0.2) is 4.98 Å². The molecule has 0 N–H and O–H groups in total. The third kappa shape index (κ3) is 3.93. The second-order valence-corrected chi connectivity index (χ2v) is 8.39. The summed E-state index contributed by atoms with van der Waals surface area (Å²) in [4.78, 5) is 21.3. The van der Waals surface area contributed by atoms with Crippen LogP contribution >= 0.6 is 22.9 Å². The minimum atomic E-state index is 0.0170. The molecule has 5 nitrogen and oxygen atoms in total. The standard InChI is InChI=1S/C21H22ClN3O2S/c1-14-3-6-16(7-4-14)27-13-18(26)24-9-11-25(12-10-24)21-23-19-15(2)5-8-17(22)20(19)28-21/h3-8H,9-13H2,1-2H3. The first-order chi connectivity index (χ1) is 13.5. The van der Waals surface area contributed by atoms with Crippen molar-refractivity contribution < 1.29 is 9.53 Å². The summed E-state index contributed by atoms with van der Waals surface area (Å²) in [6.45, 7) is 6.98. The van der Waals surface area contributed by atoms with Gasteiger partial charge in [-0.05, 0) is 37.6 Å². The fourth-order valence-corrected chi connectivity index (χ4v) is 4.61. The lowest BCUT2D eigenvalue weighted by Gasteiger charge is -2.34. The molecular weight excluding hydrogens is 394 g/mol. The Morgan fingerprint density at radius 2 is 1.82 bits per heavy atom. The lowest BCUT2D eigenvalue weighted by Crippen LogP contribution is -2.50. The Morgan fingerprint density at radius 3 is 2.50 bits per heavy atom. The number of carbonyl (C=O) groups excluding carboxylic acids is 1. The van der Waals surface area contributed by atoms with Crippen molar-refractivity contribution in [1.29, 1.82) is 0 Å². The predicted octanol–water partition coefficient (Wildman–Crippen LogP) is 4.29. The third-order valence-electron chi connectivity index (χ3n) is 4.97. The molecule has 3 aromatic rings. The molecule has 0 spiro atoms. The van der Waals surface area contributed by atoms with E-state index in [1.807, 2.05) is 55.1 Å². The summed E-state index contributed by atoms with van der Waals surface area (Å²) in [7, 11) is 0. The highest BCUT2D eigenvalue weighted by atomic mass is 35.5. The van der Waals surface area contributed by atoms with Gasteiger partial charge in [-0.1, -0.05) is 46.7 Å². The van der Waals surface area contributed by atoms with Gasteiger partial charge in [-0.2, -0.15) is 0 Å². The summed E-state index contributed by atoms with van der Waals surface area (Å²) >= 11 is 7.94. The number of hydrogen-bond donors (Lipinski definition) is 0. The molecule has 28 heavy (non-hydrogen) atoms. The highest BCUT2D eigenvalue weighted by molar-refractivity contribution is 7.22. The van der Waals surface area contributed by atoms with Crippen LogP contribution in [0.2, 0.25) is 5.02 Å². The lowest BCUT2D eigenvalue weighted by molar-refractivity contribution is -0.133. The maximum Gasteiger partial charge on any atom is 0.260 e. The third-order valence-corrected chi connectivity index (χ3v) is 6.55. The van der Waals surface area contributed by atoms with Gasteiger partial charge in [0.15, 0.2) is 11.7 Å². The number of aryl methyl sites for hydroxylation is 2. The van der Waals surface area contributed by atoms with Crippen molar-refractivity contribution in [2.75, 3.05) is 37.7 Å². The Kier molecular flexibility index (Phi) is 5.42. The van der Waals surface area contributed by atoms with Gasteiger partial charge in [-0.3, -0.25) is 4.79 Å². The van der Waals surface area contributed by atoms with Crippen LogP contribution in [0.4, 0.5) is 5.13 Å². The first-order valence-corrected chi connectivity index (χ1v) is 10.5. The van der Waals surface area contributed by atoms with E-state index in [0.29, 0.717) is 13.1 Å². The molecule has 1 aromatic heterocycles. The van der Waals surface area contributed by atoms with Gasteiger partial charge in [-0.15, -0.1) is 0 Å². The van der Waals surface area contributed by atoms with Crippen LogP contribution in [-0.2, 0) is 4.79 Å². The largest absolute Gasteiger partial charge is 0.484 e. The molecule has 0 unspecified atom stereocenters. The van der Waals surface area contributed by atoms with E-state index in [-0.39, 0.29) is 12.5 Å². The number of piperazine rings is 1. The molecule has 146 valence electrons. The minimum absolute atomic E-state index is 0.0170.